The highest BCUT2D eigenvalue weighted by molar-refractivity contribution is 9.10. The van der Waals surface area contributed by atoms with E-state index in [1.165, 1.54) is 0 Å². The quantitative estimate of drug-likeness (QED) is 0.653. The maximum atomic E-state index is 9.45. The zero-order chi connectivity index (χ0) is 16.4. The number of nitrogens with two attached hydrogens (primary N) is 1. The summed E-state index contributed by atoms with van der Waals surface area (Å²) in [7, 11) is 0. The van der Waals surface area contributed by atoms with E-state index in [1.54, 1.807) is 6.07 Å². The van der Waals surface area contributed by atoms with Crippen LogP contribution in [0.5, 0.6) is 0 Å². The lowest BCUT2D eigenvalue weighted by Crippen LogP contribution is -2.00. The molecule has 0 unspecified atom stereocenters. The molecule has 1 aromatic heterocycles. The molecule has 0 amide bonds. The summed E-state index contributed by atoms with van der Waals surface area (Å²) in [5.74, 6) is 0.190. The van der Waals surface area contributed by atoms with Crippen LogP contribution in [-0.4, -0.2) is 4.98 Å². The van der Waals surface area contributed by atoms with E-state index in [1.807, 2.05) is 48.5 Å². The highest BCUT2D eigenvalue weighted by Gasteiger charge is 2.16. The lowest BCUT2D eigenvalue weighted by molar-refractivity contribution is 1.30. The van der Waals surface area contributed by atoms with Crippen molar-refractivity contribution in [1.82, 2.24) is 4.98 Å². The summed E-state index contributed by atoms with van der Waals surface area (Å²) in [4.78, 5) is 4.37. The average molecular weight is 385 g/mol. The number of nitrogen functional groups attached to an aromatic ring is 1. The van der Waals surface area contributed by atoms with E-state index in [9.17, 15) is 5.26 Å². The molecular formula is C18H11BrClN3. The molecule has 0 atom stereocenters. The highest BCUT2D eigenvalue weighted by Crippen LogP contribution is 2.36. The second-order valence-corrected chi connectivity index (χ2v) is 6.15. The van der Waals surface area contributed by atoms with Crippen molar-refractivity contribution in [3.8, 4) is 28.5 Å². The second kappa shape index (κ2) is 6.41. The molecule has 0 aliphatic carbocycles. The number of anilines is 1. The van der Waals surface area contributed by atoms with Crippen LogP contribution in [0.4, 0.5) is 5.82 Å². The van der Waals surface area contributed by atoms with E-state index < -0.39 is 0 Å². The predicted molar refractivity (Wildman–Crippen MR) is 96.9 cm³/mol. The van der Waals surface area contributed by atoms with E-state index >= 15 is 0 Å². The van der Waals surface area contributed by atoms with Gasteiger partial charge in [-0.2, -0.15) is 5.26 Å². The minimum absolute atomic E-state index is 0.190. The van der Waals surface area contributed by atoms with E-state index in [-0.39, 0.29) is 5.82 Å². The van der Waals surface area contributed by atoms with Gasteiger partial charge in [-0.25, -0.2) is 4.98 Å². The van der Waals surface area contributed by atoms with Gasteiger partial charge in [0.15, 0.2) is 0 Å². The number of hydrogen-bond acceptors (Lipinski definition) is 3. The van der Waals surface area contributed by atoms with Gasteiger partial charge in [0.1, 0.15) is 17.5 Å². The number of hydrogen-bond donors (Lipinski definition) is 1. The van der Waals surface area contributed by atoms with Crippen molar-refractivity contribution >= 4 is 33.3 Å². The van der Waals surface area contributed by atoms with Crippen LogP contribution in [0.3, 0.4) is 0 Å². The Bertz CT molecular complexity index is 932. The van der Waals surface area contributed by atoms with E-state index in [0.717, 1.165) is 15.6 Å². The minimum atomic E-state index is 0.190. The number of halogens is 2. The third-order valence-electron chi connectivity index (χ3n) is 3.47. The van der Waals surface area contributed by atoms with Gasteiger partial charge in [0.05, 0.1) is 5.69 Å². The number of nitrogens with zero attached hydrogens (tertiary/aromatic N) is 2. The van der Waals surface area contributed by atoms with E-state index in [2.05, 4.69) is 27.0 Å². The maximum Gasteiger partial charge on any atom is 0.142 e. The molecule has 0 aliphatic heterocycles. The largest absolute Gasteiger partial charge is 0.383 e. The second-order valence-electron chi connectivity index (χ2n) is 4.89. The lowest BCUT2D eigenvalue weighted by Gasteiger charge is -2.12. The molecule has 0 spiro atoms. The maximum absolute atomic E-state index is 9.45. The fourth-order valence-electron chi connectivity index (χ4n) is 2.38. The molecule has 3 nitrogen and oxygen atoms in total. The van der Waals surface area contributed by atoms with Crippen molar-refractivity contribution in [2.24, 2.45) is 0 Å². The van der Waals surface area contributed by atoms with Gasteiger partial charge in [-0.15, -0.1) is 0 Å². The van der Waals surface area contributed by atoms with Crippen LogP contribution >= 0.6 is 27.5 Å². The van der Waals surface area contributed by atoms with E-state index in [0.29, 0.717) is 21.8 Å². The summed E-state index contributed by atoms with van der Waals surface area (Å²) in [6.45, 7) is 0. The first kappa shape index (κ1) is 15.5. The molecule has 0 bridgehead atoms. The molecule has 1 heterocycles. The molecule has 5 heteroatoms. The van der Waals surface area contributed by atoms with Crippen LogP contribution in [0.15, 0.2) is 59.1 Å². The Morgan fingerprint density at radius 1 is 1.00 bits per heavy atom. The SMILES string of the molecule is N#Cc1c(-c2ccccc2Cl)cc(-c2ccccc2Br)nc1N. The summed E-state index contributed by atoms with van der Waals surface area (Å²) < 4.78 is 0.904. The molecule has 3 rings (SSSR count). The van der Waals surface area contributed by atoms with Crippen LogP contribution in [0.25, 0.3) is 22.4 Å². The Morgan fingerprint density at radius 2 is 1.65 bits per heavy atom. The van der Waals surface area contributed by atoms with Crippen molar-refractivity contribution in [3.63, 3.8) is 0 Å². The zero-order valence-electron chi connectivity index (χ0n) is 11.9. The summed E-state index contributed by atoms with van der Waals surface area (Å²) in [6, 6.07) is 19.1. The average Bonchev–Trinajstić information content (AvgIpc) is 2.55. The number of pyridine rings is 1. The van der Waals surface area contributed by atoms with Crippen LogP contribution in [-0.2, 0) is 0 Å². The van der Waals surface area contributed by atoms with Crippen LogP contribution in [0.2, 0.25) is 5.02 Å². The molecule has 2 aromatic carbocycles. The van der Waals surface area contributed by atoms with Gasteiger partial charge >= 0.3 is 0 Å². The first-order valence-corrected chi connectivity index (χ1v) is 7.99. The molecule has 0 aliphatic rings. The summed E-state index contributed by atoms with van der Waals surface area (Å²) in [5.41, 5.74) is 9.36. The summed E-state index contributed by atoms with van der Waals surface area (Å²) >= 11 is 9.81. The Kier molecular flexibility index (Phi) is 4.33. The van der Waals surface area contributed by atoms with Gasteiger partial charge < -0.3 is 5.73 Å². The first-order valence-electron chi connectivity index (χ1n) is 6.82. The van der Waals surface area contributed by atoms with Crippen LogP contribution in [0.1, 0.15) is 5.56 Å². The van der Waals surface area contributed by atoms with Crippen molar-refractivity contribution in [2.45, 2.75) is 0 Å². The molecule has 3 aromatic rings. The van der Waals surface area contributed by atoms with Gasteiger partial charge in [0.25, 0.3) is 0 Å². The third-order valence-corrected chi connectivity index (χ3v) is 4.49. The molecule has 0 radical (unpaired) electrons. The topological polar surface area (TPSA) is 62.7 Å². The first-order chi connectivity index (χ1) is 11.1. The van der Waals surface area contributed by atoms with Crippen molar-refractivity contribution in [2.75, 3.05) is 5.73 Å². The summed E-state index contributed by atoms with van der Waals surface area (Å²) in [5, 5.41) is 10.0. The molecule has 2 N–H and O–H groups in total. The van der Waals surface area contributed by atoms with Crippen molar-refractivity contribution in [3.05, 3.63) is 69.7 Å². The Morgan fingerprint density at radius 3 is 2.30 bits per heavy atom. The summed E-state index contributed by atoms with van der Waals surface area (Å²) in [6.07, 6.45) is 0. The van der Waals surface area contributed by atoms with Crippen molar-refractivity contribution in [1.29, 1.82) is 5.26 Å². The molecule has 0 fully saturated rings. The van der Waals surface area contributed by atoms with Gasteiger partial charge in [-0.1, -0.05) is 63.9 Å². The molecular weight excluding hydrogens is 374 g/mol. The molecule has 0 saturated heterocycles. The van der Waals surface area contributed by atoms with Gasteiger partial charge in [-0.3, -0.25) is 0 Å². The number of nitriles is 1. The highest BCUT2D eigenvalue weighted by atomic mass is 79.9. The fraction of sp³-hybridized carbons (Fsp3) is 0. The zero-order valence-corrected chi connectivity index (χ0v) is 14.3. The van der Waals surface area contributed by atoms with Gasteiger partial charge in [-0.05, 0) is 18.2 Å². The van der Waals surface area contributed by atoms with Gasteiger partial charge in [0.2, 0.25) is 0 Å². The number of aromatic nitrogens is 1. The molecule has 112 valence electrons. The Hall–Kier alpha value is -2.35. The smallest absolute Gasteiger partial charge is 0.142 e. The third kappa shape index (κ3) is 2.94. The van der Waals surface area contributed by atoms with E-state index in [4.69, 9.17) is 17.3 Å². The van der Waals surface area contributed by atoms with Crippen molar-refractivity contribution < 1.29 is 0 Å². The minimum Gasteiger partial charge on any atom is -0.383 e. The Balaban J connectivity index is 2.30. The number of benzene rings is 2. The predicted octanol–water partition coefficient (Wildman–Crippen LogP) is 5.29. The standard InChI is InChI=1S/C18H11BrClN3/c19-15-7-3-1-6-12(15)17-9-13(14(10-21)18(22)23-17)11-5-2-4-8-16(11)20/h1-9H,(H2,22,23). The normalized spacial score (nSPS) is 10.3. The van der Waals surface area contributed by atoms with Crippen LogP contribution < -0.4 is 5.73 Å². The molecule has 0 saturated carbocycles. The van der Waals surface area contributed by atoms with Gasteiger partial charge in [0, 0.05) is 26.2 Å². The monoisotopic (exact) mass is 383 g/mol. The Labute approximate surface area is 147 Å². The van der Waals surface area contributed by atoms with Crippen LogP contribution in [0, 0.1) is 11.3 Å². The lowest BCUT2D eigenvalue weighted by atomic mass is 9.98. The number of rotatable bonds is 2. The fourth-order valence-corrected chi connectivity index (χ4v) is 3.11. The molecule has 23 heavy (non-hydrogen) atoms.